The summed E-state index contributed by atoms with van der Waals surface area (Å²) in [6.45, 7) is 2.94. The van der Waals surface area contributed by atoms with Gasteiger partial charge in [-0.25, -0.2) is 0 Å². The molecular weight excluding hydrogens is 488 g/mol. The Morgan fingerprint density at radius 1 is 0.744 bits per heavy atom. The molecule has 2 N–H and O–H groups in total. The summed E-state index contributed by atoms with van der Waals surface area (Å²) in [7, 11) is 0. The average Bonchev–Trinajstić information content (AvgIpc) is 3.34. The third kappa shape index (κ3) is 5.01. The number of hydrogen-bond acceptors (Lipinski definition) is 4. The quantitative estimate of drug-likeness (QED) is 0.400. The van der Waals surface area contributed by atoms with Gasteiger partial charge in [0.25, 0.3) is 11.8 Å². The van der Waals surface area contributed by atoms with Crippen LogP contribution >= 0.6 is 0 Å². The summed E-state index contributed by atoms with van der Waals surface area (Å²) in [6.07, 6.45) is 0.985. The number of carbonyl (C=O) groups excluding carboxylic acids is 3. The zero-order chi connectivity index (χ0) is 26.8. The molecule has 1 saturated heterocycles. The van der Waals surface area contributed by atoms with Crippen LogP contribution in [-0.4, -0.2) is 48.8 Å². The van der Waals surface area contributed by atoms with Crippen molar-refractivity contribution in [3.8, 4) is 0 Å². The van der Waals surface area contributed by atoms with E-state index in [2.05, 4.69) is 10.6 Å². The predicted molar refractivity (Wildman–Crippen MR) is 153 cm³/mol. The Kier molecular flexibility index (Phi) is 6.82. The van der Waals surface area contributed by atoms with Gasteiger partial charge in [-0.2, -0.15) is 0 Å². The third-order valence-corrected chi connectivity index (χ3v) is 7.49. The summed E-state index contributed by atoms with van der Waals surface area (Å²) >= 11 is 0. The molecule has 2 aliphatic rings. The maximum absolute atomic E-state index is 14.3. The van der Waals surface area contributed by atoms with Crippen molar-refractivity contribution in [1.82, 2.24) is 10.2 Å². The molecule has 1 unspecified atom stereocenters. The van der Waals surface area contributed by atoms with Gasteiger partial charge in [-0.1, -0.05) is 60.7 Å². The molecule has 0 aromatic heterocycles. The Bertz CT molecular complexity index is 1540. The number of fused-ring (bicyclic) bond motifs is 2. The molecule has 0 saturated carbocycles. The molecule has 2 aliphatic heterocycles. The number of carbonyl (C=O) groups is 3. The van der Waals surface area contributed by atoms with Gasteiger partial charge in [0.05, 0.1) is 23.8 Å². The van der Waals surface area contributed by atoms with Gasteiger partial charge in [-0.05, 0) is 59.6 Å². The molecule has 196 valence electrons. The SMILES string of the molecule is O=C1CC(c2ccccc2)N(C(=O)c2ccc3ccccc3c2)c2ccc(C(=O)N3CCCNCC3)cc2N1. The van der Waals surface area contributed by atoms with Gasteiger partial charge < -0.3 is 15.5 Å². The highest BCUT2D eigenvalue weighted by Gasteiger charge is 2.35. The fraction of sp³-hybridized carbons (Fsp3) is 0.219. The fourth-order valence-corrected chi connectivity index (χ4v) is 5.50. The number of rotatable bonds is 3. The maximum Gasteiger partial charge on any atom is 0.258 e. The summed E-state index contributed by atoms with van der Waals surface area (Å²) < 4.78 is 0. The lowest BCUT2D eigenvalue weighted by Gasteiger charge is -2.31. The second kappa shape index (κ2) is 10.7. The van der Waals surface area contributed by atoms with Crippen LogP contribution in [0.2, 0.25) is 0 Å². The summed E-state index contributed by atoms with van der Waals surface area (Å²) in [6, 6.07) is 28.0. The van der Waals surface area contributed by atoms with Crippen LogP contribution in [0.3, 0.4) is 0 Å². The highest BCUT2D eigenvalue weighted by Crippen LogP contribution is 2.40. The van der Waals surface area contributed by atoms with E-state index in [9.17, 15) is 14.4 Å². The van der Waals surface area contributed by atoms with E-state index in [1.807, 2.05) is 77.7 Å². The van der Waals surface area contributed by atoms with E-state index < -0.39 is 6.04 Å². The standard InChI is InChI=1S/C32H30N4O3/c37-30-21-29(23-8-2-1-3-9-23)36(32(39)25-12-11-22-7-4-5-10-24(22)19-25)28-14-13-26(20-27(28)34-30)31(38)35-17-6-15-33-16-18-35/h1-5,7-14,19-20,29,33H,6,15-18,21H2,(H,34,37). The molecule has 7 nitrogen and oxygen atoms in total. The number of hydrogen-bond donors (Lipinski definition) is 2. The summed E-state index contributed by atoms with van der Waals surface area (Å²) in [5.74, 6) is -0.487. The Morgan fingerprint density at radius 3 is 2.33 bits per heavy atom. The molecule has 3 amide bonds. The topological polar surface area (TPSA) is 81.8 Å². The van der Waals surface area contributed by atoms with Crippen LogP contribution in [0.5, 0.6) is 0 Å². The molecule has 0 bridgehead atoms. The lowest BCUT2D eigenvalue weighted by molar-refractivity contribution is -0.116. The van der Waals surface area contributed by atoms with E-state index in [1.54, 1.807) is 23.1 Å². The smallest absolute Gasteiger partial charge is 0.258 e. The highest BCUT2D eigenvalue weighted by atomic mass is 16.2. The molecule has 0 spiro atoms. The number of nitrogens with zero attached hydrogens (tertiary/aromatic N) is 2. The minimum Gasteiger partial charge on any atom is -0.337 e. The van der Waals surface area contributed by atoms with Crippen LogP contribution in [-0.2, 0) is 4.79 Å². The molecule has 4 aromatic rings. The van der Waals surface area contributed by atoms with Crippen molar-refractivity contribution in [2.24, 2.45) is 0 Å². The summed E-state index contributed by atoms with van der Waals surface area (Å²) in [5, 5.41) is 8.32. The largest absolute Gasteiger partial charge is 0.337 e. The lowest BCUT2D eigenvalue weighted by atomic mass is 9.99. The summed E-state index contributed by atoms with van der Waals surface area (Å²) in [5.41, 5.74) is 2.93. The van der Waals surface area contributed by atoms with Crippen molar-refractivity contribution in [2.75, 3.05) is 36.4 Å². The van der Waals surface area contributed by atoms with Crippen LogP contribution in [0, 0.1) is 0 Å². The number of anilines is 2. The zero-order valence-electron chi connectivity index (χ0n) is 21.6. The van der Waals surface area contributed by atoms with Gasteiger partial charge in [-0.3, -0.25) is 19.3 Å². The van der Waals surface area contributed by atoms with Crippen LogP contribution < -0.4 is 15.5 Å². The molecule has 2 heterocycles. The van der Waals surface area contributed by atoms with E-state index in [1.165, 1.54) is 0 Å². The highest BCUT2D eigenvalue weighted by molar-refractivity contribution is 6.13. The third-order valence-electron chi connectivity index (χ3n) is 7.49. The first-order valence-corrected chi connectivity index (χ1v) is 13.4. The zero-order valence-corrected chi connectivity index (χ0v) is 21.6. The van der Waals surface area contributed by atoms with Gasteiger partial charge in [0.2, 0.25) is 5.91 Å². The molecule has 1 fully saturated rings. The van der Waals surface area contributed by atoms with Gasteiger partial charge >= 0.3 is 0 Å². The Labute approximate surface area is 227 Å². The molecule has 7 heteroatoms. The first kappa shape index (κ1) is 24.8. The van der Waals surface area contributed by atoms with Crippen molar-refractivity contribution >= 4 is 39.9 Å². The molecule has 0 radical (unpaired) electrons. The summed E-state index contributed by atoms with van der Waals surface area (Å²) in [4.78, 5) is 44.3. The van der Waals surface area contributed by atoms with Crippen molar-refractivity contribution in [3.05, 3.63) is 108 Å². The van der Waals surface area contributed by atoms with E-state index in [4.69, 9.17) is 0 Å². The fourth-order valence-electron chi connectivity index (χ4n) is 5.50. The van der Waals surface area contributed by atoms with Crippen molar-refractivity contribution in [1.29, 1.82) is 0 Å². The monoisotopic (exact) mass is 518 g/mol. The van der Waals surface area contributed by atoms with Crippen LogP contribution in [0.25, 0.3) is 10.8 Å². The molecule has 0 aliphatic carbocycles. The van der Waals surface area contributed by atoms with E-state index in [-0.39, 0.29) is 24.1 Å². The maximum atomic E-state index is 14.3. The average molecular weight is 519 g/mol. The first-order valence-electron chi connectivity index (χ1n) is 13.4. The Balaban J connectivity index is 1.44. The van der Waals surface area contributed by atoms with Crippen LogP contribution in [0.15, 0.2) is 91.0 Å². The van der Waals surface area contributed by atoms with Crippen LogP contribution in [0.4, 0.5) is 11.4 Å². The second-order valence-corrected chi connectivity index (χ2v) is 10.0. The number of amides is 3. The molecule has 4 aromatic carbocycles. The Morgan fingerprint density at radius 2 is 1.49 bits per heavy atom. The van der Waals surface area contributed by atoms with Crippen molar-refractivity contribution in [3.63, 3.8) is 0 Å². The molecule has 1 atom stereocenters. The molecular formula is C32H30N4O3. The van der Waals surface area contributed by atoms with Crippen molar-refractivity contribution < 1.29 is 14.4 Å². The number of nitrogens with one attached hydrogen (secondary N) is 2. The minimum atomic E-state index is -0.510. The predicted octanol–water partition coefficient (Wildman–Crippen LogP) is 5.01. The van der Waals surface area contributed by atoms with Crippen molar-refractivity contribution in [2.45, 2.75) is 18.9 Å². The van der Waals surface area contributed by atoms with Gasteiger partial charge in [0.1, 0.15) is 0 Å². The lowest BCUT2D eigenvalue weighted by Crippen LogP contribution is -2.35. The second-order valence-electron chi connectivity index (χ2n) is 10.0. The van der Waals surface area contributed by atoms with E-state index in [0.717, 1.165) is 35.8 Å². The molecule has 6 rings (SSSR count). The number of benzene rings is 4. The first-order chi connectivity index (χ1) is 19.1. The van der Waals surface area contributed by atoms with E-state index in [0.29, 0.717) is 35.6 Å². The molecule has 39 heavy (non-hydrogen) atoms. The minimum absolute atomic E-state index is 0.0768. The van der Waals surface area contributed by atoms with E-state index >= 15 is 0 Å². The van der Waals surface area contributed by atoms with Gasteiger partial charge in [0.15, 0.2) is 0 Å². The van der Waals surface area contributed by atoms with Gasteiger partial charge in [-0.15, -0.1) is 0 Å². The van der Waals surface area contributed by atoms with Crippen LogP contribution in [0.1, 0.15) is 45.2 Å². The Hall–Kier alpha value is -4.49. The van der Waals surface area contributed by atoms with Gasteiger partial charge in [0, 0.05) is 30.8 Å². The normalized spacial score (nSPS) is 17.6.